The summed E-state index contributed by atoms with van der Waals surface area (Å²) in [6, 6.07) is 0. The van der Waals surface area contributed by atoms with Crippen LogP contribution >= 0.6 is 11.6 Å². The molecule has 2 rings (SSSR count). The molecule has 68 valence electrons. The molecule has 0 bridgehead atoms. The molecule has 0 aromatic heterocycles. The van der Waals surface area contributed by atoms with Gasteiger partial charge in [0.2, 0.25) is 0 Å². The maximum atomic E-state index is 10.4. The van der Waals surface area contributed by atoms with Gasteiger partial charge in [-0.2, -0.15) is 0 Å². The summed E-state index contributed by atoms with van der Waals surface area (Å²) >= 11 is 5.14. The van der Waals surface area contributed by atoms with Crippen LogP contribution in [0.1, 0.15) is 38.5 Å². The average Bonchev–Trinajstić information content (AvgIpc) is 2.75. The second-order valence-corrected chi connectivity index (χ2v) is 4.36. The SMILES string of the molecule is O=C(Cl)OC1CCC2(CC1)CC2. The van der Waals surface area contributed by atoms with E-state index >= 15 is 0 Å². The van der Waals surface area contributed by atoms with Crippen LogP contribution < -0.4 is 0 Å². The Labute approximate surface area is 77.2 Å². The maximum Gasteiger partial charge on any atom is 0.404 e. The molecule has 3 heteroatoms. The van der Waals surface area contributed by atoms with Crippen LogP contribution in [0.4, 0.5) is 4.79 Å². The predicted octanol–water partition coefficient (Wildman–Crippen LogP) is 3.08. The van der Waals surface area contributed by atoms with Crippen molar-refractivity contribution in [3.8, 4) is 0 Å². The summed E-state index contributed by atoms with van der Waals surface area (Å²) in [6.45, 7) is 0. The third kappa shape index (κ3) is 1.74. The largest absolute Gasteiger partial charge is 0.450 e. The molecule has 0 saturated heterocycles. The van der Waals surface area contributed by atoms with Crippen molar-refractivity contribution in [3.63, 3.8) is 0 Å². The van der Waals surface area contributed by atoms with Crippen molar-refractivity contribution in [1.82, 2.24) is 0 Å². The number of carbonyl (C=O) groups excluding carboxylic acids is 1. The van der Waals surface area contributed by atoms with Gasteiger partial charge >= 0.3 is 5.43 Å². The van der Waals surface area contributed by atoms with Crippen molar-refractivity contribution in [2.45, 2.75) is 44.6 Å². The highest BCUT2D eigenvalue weighted by molar-refractivity contribution is 6.61. The molecule has 0 unspecified atom stereocenters. The summed E-state index contributed by atoms with van der Waals surface area (Å²) < 4.78 is 4.94. The molecule has 2 saturated carbocycles. The van der Waals surface area contributed by atoms with E-state index in [1.165, 1.54) is 25.7 Å². The lowest BCUT2D eigenvalue weighted by molar-refractivity contribution is 0.0779. The predicted molar refractivity (Wildman–Crippen MR) is 46.3 cm³/mol. The minimum absolute atomic E-state index is 0.0984. The Morgan fingerprint density at radius 2 is 1.83 bits per heavy atom. The van der Waals surface area contributed by atoms with E-state index in [9.17, 15) is 4.79 Å². The fourth-order valence-corrected chi connectivity index (χ4v) is 2.26. The van der Waals surface area contributed by atoms with Crippen molar-refractivity contribution >= 4 is 17.0 Å². The van der Waals surface area contributed by atoms with E-state index < -0.39 is 5.43 Å². The summed E-state index contributed by atoms with van der Waals surface area (Å²) in [5.74, 6) is 0. The van der Waals surface area contributed by atoms with Crippen molar-refractivity contribution < 1.29 is 9.53 Å². The summed E-state index contributed by atoms with van der Waals surface area (Å²) in [4.78, 5) is 10.4. The van der Waals surface area contributed by atoms with E-state index in [-0.39, 0.29) is 6.10 Å². The number of rotatable bonds is 1. The normalized spacial score (nSPS) is 27.1. The van der Waals surface area contributed by atoms with Crippen molar-refractivity contribution in [1.29, 1.82) is 0 Å². The van der Waals surface area contributed by atoms with Crippen molar-refractivity contribution in [2.75, 3.05) is 0 Å². The number of hydrogen-bond acceptors (Lipinski definition) is 2. The van der Waals surface area contributed by atoms with E-state index in [2.05, 4.69) is 0 Å². The number of hydrogen-bond donors (Lipinski definition) is 0. The fourth-order valence-electron chi connectivity index (χ4n) is 2.13. The summed E-state index contributed by atoms with van der Waals surface area (Å²) in [6.07, 6.45) is 7.34. The molecule has 0 aliphatic heterocycles. The second kappa shape index (κ2) is 2.91. The van der Waals surface area contributed by atoms with Crippen LogP contribution in [0.5, 0.6) is 0 Å². The minimum Gasteiger partial charge on any atom is -0.450 e. The van der Waals surface area contributed by atoms with Gasteiger partial charge in [-0.1, -0.05) is 0 Å². The summed E-state index contributed by atoms with van der Waals surface area (Å²) in [7, 11) is 0. The highest BCUT2D eigenvalue weighted by atomic mass is 35.5. The second-order valence-electron chi connectivity index (χ2n) is 4.05. The van der Waals surface area contributed by atoms with Gasteiger partial charge in [0.05, 0.1) is 0 Å². The number of ether oxygens (including phenoxy) is 1. The molecule has 1 spiro atoms. The molecule has 12 heavy (non-hydrogen) atoms. The van der Waals surface area contributed by atoms with E-state index in [1.54, 1.807) is 0 Å². The first-order chi connectivity index (χ1) is 5.70. The Morgan fingerprint density at radius 3 is 2.25 bits per heavy atom. The van der Waals surface area contributed by atoms with Crippen LogP contribution in [0.25, 0.3) is 0 Å². The Morgan fingerprint density at radius 1 is 1.25 bits per heavy atom. The highest BCUT2D eigenvalue weighted by Gasteiger charge is 2.45. The smallest absolute Gasteiger partial charge is 0.404 e. The van der Waals surface area contributed by atoms with Crippen LogP contribution in [0.2, 0.25) is 0 Å². The summed E-state index contributed by atoms with van der Waals surface area (Å²) in [5, 5.41) is 0. The van der Waals surface area contributed by atoms with Crippen LogP contribution in [0.15, 0.2) is 0 Å². The lowest BCUT2D eigenvalue weighted by Crippen LogP contribution is -2.23. The zero-order valence-corrected chi connectivity index (χ0v) is 7.77. The first kappa shape index (κ1) is 8.36. The molecular formula is C9H13ClO2. The lowest BCUT2D eigenvalue weighted by Gasteiger charge is -2.27. The topological polar surface area (TPSA) is 26.3 Å². The van der Waals surface area contributed by atoms with Crippen LogP contribution in [0.3, 0.4) is 0 Å². The van der Waals surface area contributed by atoms with Crippen LogP contribution in [0, 0.1) is 5.41 Å². The van der Waals surface area contributed by atoms with Crippen molar-refractivity contribution in [3.05, 3.63) is 0 Å². The van der Waals surface area contributed by atoms with Gasteiger partial charge in [0.15, 0.2) is 0 Å². The van der Waals surface area contributed by atoms with Gasteiger partial charge in [-0.05, 0) is 43.9 Å². The molecule has 0 aromatic rings. The standard InChI is InChI=1S/C9H13ClO2/c10-8(11)12-7-1-3-9(4-2-7)5-6-9/h7H,1-6H2. The van der Waals surface area contributed by atoms with Gasteiger partial charge in [-0.25, -0.2) is 4.79 Å². The molecule has 2 aliphatic rings. The van der Waals surface area contributed by atoms with E-state index in [4.69, 9.17) is 16.3 Å². The van der Waals surface area contributed by atoms with E-state index in [0.717, 1.165) is 12.8 Å². The maximum absolute atomic E-state index is 10.4. The zero-order chi connectivity index (χ0) is 8.60. The zero-order valence-electron chi connectivity index (χ0n) is 7.01. The summed E-state index contributed by atoms with van der Waals surface area (Å²) in [5.41, 5.74) is 0.0154. The lowest BCUT2D eigenvalue weighted by atomic mass is 9.85. The van der Waals surface area contributed by atoms with Gasteiger partial charge in [0.25, 0.3) is 0 Å². The molecule has 2 fully saturated rings. The monoisotopic (exact) mass is 188 g/mol. The Kier molecular flexibility index (Phi) is 2.03. The first-order valence-electron chi connectivity index (χ1n) is 4.56. The average molecular weight is 189 g/mol. The third-order valence-electron chi connectivity index (χ3n) is 3.21. The molecule has 2 aliphatic carbocycles. The quantitative estimate of drug-likeness (QED) is 0.592. The first-order valence-corrected chi connectivity index (χ1v) is 4.94. The molecule has 0 amide bonds. The molecule has 0 atom stereocenters. The van der Waals surface area contributed by atoms with Crippen LogP contribution in [-0.4, -0.2) is 11.5 Å². The van der Waals surface area contributed by atoms with E-state index in [0.29, 0.717) is 5.41 Å². The molecule has 0 heterocycles. The Bertz CT molecular complexity index is 189. The Balaban J connectivity index is 1.78. The molecular weight excluding hydrogens is 176 g/mol. The van der Waals surface area contributed by atoms with Gasteiger partial charge in [-0.3, -0.25) is 0 Å². The van der Waals surface area contributed by atoms with E-state index in [1.807, 2.05) is 0 Å². The molecule has 0 aromatic carbocycles. The Hall–Kier alpha value is -0.240. The molecule has 2 nitrogen and oxygen atoms in total. The molecule has 0 N–H and O–H groups in total. The number of carbonyl (C=O) groups is 1. The van der Waals surface area contributed by atoms with Gasteiger partial charge in [-0.15, -0.1) is 0 Å². The van der Waals surface area contributed by atoms with Gasteiger partial charge in [0, 0.05) is 11.6 Å². The third-order valence-corrected chi connectivity index (χ3v) is 3.30. The van der Waals surface area contributed by atoms with Crippen molar-refractivity contribution in [2.24, 2.45) is 5.41 Å². The fraction of sp³-hybridized carbons (Fsp3) is 0.889. The highest BCUT2D eigenvalue weighted by Crippen LogP contribution is 2.56. The number of halogens is 1. The minimum atomic E-state index is -0.647. The molecule has 0 radical (unpaired) electrons. The van der Waals surface area contributed by atoms with Crippen LogP contribution in [-0.2, 0) is 4.74 Å². The van der Waals surface area contributed by atoms with Gasteiger partial charge in [0.1, 0.15) is 6.10 Å². The van der Waals surface area contributed by atoms with Gasteiger partial charge < -0.3 is 4.74 Å².